The number of hydrogen-bond donors (Lipinski definition) is 0. The monoisotopic (exact) mass is 288 g/mol. The molecule has 0 N–H and O–H groups in total. The van der Waals surface area contributed by atoms with Crippen molar-refractivity contribution in [3.05, 3.63) is 29.3 Å². The SMILES string of the molecule is CCOc1ccc(C(F)(F)F)cc1CC(C)CC(C)=O. The summed E-state index contributed by atoms with van der Waals surface area (Å²) in [6.45, 7) is 5.49. The van der Waals surface area contributed by atoms with E-state index >= 15 is 0 Å². The third kappa shape index (κ3) is 4.87. The number of ketones is 1. The van der Waals surface area contributed by atoms with Gasteiger partial charge < -0.3 is 9.53 Å². The highest BCUT2D eigenvalue weighted by molar-refractivity contribution is 5.75. The van der Waals surface area contributed by atoms with Crippen molar-refractivity contribution in [3.8, 4) is 5.75 Å². The average Bonchev–Trinajstić information content (AvgIpc) is 2.29. The quantitative estimate of drug-likeness (QED) is 0.781. The number of carbonyl (C=O) groups excluding carboxylic acids is 1. The van der Waals surface area contributed by atoms with Gasteiger partial charge in [0.05, 0.1) is 12.2 Å². The average molecular weight is 288 g/mol. The highest BCUT2D eigenvalue weighted by Crippen LogP contribution is 2.33. The van der Waals surface area contributed by atoms with Gasteiger partial charge in [0.25, 0.3) is 0 Å². The van der Waals surface area contributed by atoms with Crippen LogP contribution < -0.4 is 4.74 Å². The van der Waals surface area contributed by atoms with Crippen LogP contribution in [0, 0.1) is 5.92 Å². The summed E-state index contributed by atoms with van der Waals surface area (Å²) in [6, 6.07) is 3.48. The first-order valence-corrected chi connectivity index (χ1v) is 6.56. The van der Waals surface area contributed by atoms with Gasteiger partial charge in [0.2, 0.25) is 0 Å². The van der Waals surface area contributed by atoms with Crippen molar-refractivity contribution in [3.63, 3.8) is 0 Å². The van der Waals surface area contributed by atoms with Gasteiger partial charge in [0.15, 0.2) is 0 Å². The van der Waals surface area contributed by atoms with E-state index in [2.05, 4.69) is 0 Å². The van der Waals surface area contributed by atoms with Crippen LogP contribution in [0.4, 0.5) is 13.2 Å². The van der Waals surface area contributed by atoms with Gasteiger partial charge >= 0.3 is 6.18 Å². The molecular weight excluding hydrogens is 269 g/mol. The second-order valence-corrected chi connectivity index (χ2v) is 4.97. The first kappa shape index (κ1) is 16.5. The summed E-state index contributed by atoms with van der Waals surface area (Å²) >= 11 is 0. The van der Waals surface area contributed by atoms with Gasteiger partial charge in [0, 0.05) is 6.42 Å². The van der Waals surface area contributed by atoms with Crippen LogP contribution in [0.1, 0.15) is 38.3 Å². The number of Topliss-reactive ketones (excluding diaryl/α,β-unsaturated/α-hetero) is 1. The summed E-state index contributed by atoms with van der Waals surface area (Å²) in [4.78, 5) is 11.1. The Morgan fingerprint density at radius 2 is 2.00 bits per heavy atom. The lowest BCUT2D eigenvalue weighted by Gasteiger charge is -2.16. The number of alkyl halides is 3. The number of carbonyl (C=O) groups is 1. The maximum absolute atomic E-state index is 12.7. The predicted molar refractivity (Wildman–Crippen MR) is 70.8 cm³/mol. The van der Waals surface area contributed by atoms with E-state index in [1.807, 2.05) is 6.92 Å². The zero-order chi connectivity index (χ0) is 15.3. The Hall–Kier alpha value is -1.52. The molecule has 0 bridgehead atoms. The lowest BCUT2D eigenvalue weighted by molar-refractivity contribution is -0.137. The minimum Gasteiger partial charge on any atom is -0.494 e. The minimum absolute atomic E-state index is 0.0183. The van der Waals surface area contributed by atoms with E-state index in [-0.39, 0.29) is 11.7 Å². The molecular formula is C15H19F3O2. The molecule has 0 fully saturated rings. The van der Waals surface area contributed by atoms with E-state index < -0.39 is 11.7 Å². The van der Waals surface area contributed by atoms with Crippen LogP contribution in [0.5, 0.6) is 5.75 Å². The van der Waals surface area contributed by atoms with Crippen molar-refractivity contribution in [2.45, 2.75) is 39.8 Å². The van der Waals surface area contributed by atoms with Crippen LogP contribution >= 0.6 is 0 Å². The Kier molecular flexibility index (Phi) is 5.60. The van der Waals surface area contributed by atoms with E-state index in [1.165, 1.54) is 13.0 Å². The number of halogens is 3. The number of ether oxygens (including phenoxy) is 1. The number of benzene rings is 1. The Morgan fingerprint density at radius 1 is 1.35 bits per heavy atom. The van der Waals surface area contributed by atoms with Gasteiger partial charge in [-0.05, 0) is 49.9 Å². The largest absolute Gasteiger partial charge is 0.494 e. The maximum atomic E-state index is 12.7. The van der Waals surface area contributed by atoms with E-state index in [4.69, 9.17) is 4.74 Å². The van der Waals surface area contributed by atoms with Gasteiger partial charge in [-0.1, -0.05) is 6.92 Å². The first-order chi connectivity index (χ1) is 9.24. The Balaban J connectivity index is 3.02. The molecule has 0 amide bonds. The van der Waals surface area contributed by atoms with E-state index in [1.54, 1.807) is 6.92 Å². The van der Waals surface area contributed by atoms with Crippen molar-refractivity contribution < 1.29 is 22.7 Å². The Labute approximate surface area is 116 Å². The summed E-state index contributed by atoms with van der Waals surface area (Å²) in [5.41, 5.74) is -0.193. The number of rotatable bonds is 6. The van der Waals surface area contributed by atoms with Crippen molar-refractivity contribution in [2.75, 3.05) is 6.61 Å². The molecule has 112 valence electrons. The molecule has 1 rings (SSSR count). The highest BCUT2D eigenvalue weighted by atomic mass is 19.4. The van der Waals surface area contributed by atoms with Gasteiger partial charge in [-0.25, -0.2) is 0 Å². The van der Waals surface area contributed by atoms with E-state index in [9.17, 15) is 18.0 Å². The van der Waals surface area contributed by atoms with E-state index in [0.717, 1.165) is 12.1 Å². The molecule has 5 heteroatoms. The molecule has 0 aliphatic carbocycles. The van der Waals surface area contributed by atoms with Gasteiger partial charge in [-0.3, -0.25) is 0 Å². The molecule has 0 aliphatic heterocycles. The molecule has 1 unspecified atom stereocenters. The molecule has 0 aromatic heterocycles. The lowest BCUT2D eigenvalue weighted by Crippen LogP contribution is -2.10. The fourth-order valence-corrected chi connectivity index (χ4v) is 2.15. The van der Waals surface area contributed by atoms with Crippen molar-refractivity contribution in [1.82, 2.24) is 0 Å². The zero-order valence-corrected chi connectivity index (χ0v) is 11.9. The summed E-state index contributed by atoms with van der Waals surface area (Å²) < 4.78 is 43.6. The van der Waals surface area contributed by atoms with Crippen LogP contribution in [0.2, 0.25) is 0 Å². The summed E-state index contributed by atoms with van der Waals surface area (Å²) in [5, 5.41) is 0. The Bertz CT molecular complexity index is 467. The van der Waals surface area contributed by atoms with Gasteiger partial charge in [-0.15, -0.1) is 0 Å². The minimum atomic E-state index is -4.37. The van der Waals surface area contributed by atoms with Crippen LogP contribution in [0.3, 0.4) is 0 Å². The molecule has 0 aliphatic rings. The van der Waals surface area contributed by atoms with Crippen molar-refractivity contribution in [2.24, 2.45) is 5.92 Å². The second kappa shape index (κ2) is 6.77. The fraction of sp³-hybridized carbons (Fsp3) is 0.533. The summed E-state index contributed by atoms with van der Waals surface area (Å²) in [5.74, 6) is 0.466. The number of hydrogen-bond acceptors (Lipinski definition) is 2. The van der Waals surface area contributed by atoms with Crippen molar-refractivity contribution in [1.29, 1.82) is 0 Å². The maximum Gasteiger partial charge on any atom is 0.416 e. The molecule has 1 atom stereocenters. The molecule has 0 saturated carbocycles. The van der Waals surface area contributed by atoms with E-state index in [0.29, 0.717) is 30.8 Å². The molecule has 0 spiro atoms. The standard InChI is InChI=1S/C15H19F3O2/c1-4-20-14-6-5-13(15(16,17)18)9-12(14)8-10(2)7-11(3)19/h5-6,9-10H,4,7-8H2,1-3H3. The van der Waals surface area contributed by atoms with Crippen LogP contribution in [-0.4, -0.2) is 12.4 Å². The summed E-state index contributed by atoms with van der Waals surface area (Å²) in [6.07, 6.45) is -3.63. The third-order valence-electron chi connectivity index (χ3n) is 2.89. The molecule has 0 radical (unpaired) electrons. The smallest absolute Gasteiger partial charge is 0.416 e. The molecule has 1 aromatic carbocycles. The topological polar surface area (TPSA) is 26.3 Å². The Morgan fingerprint density at radius 3 is 2.50 bits per heavy atom. The zero-order valence-electron chi connectivity index (χ0n) is 11.9. The van der Waals surface area contributed by atoms with Gasteiger partial charge in [-0.2, -0.15) is 13.2 Å². The fourth-order valence-electron chi connectivity index (χ4n) is 2.15. The molecule has 0 saturated heterocycles. The third-order valence-corrected chi connectivity index (χ3v) is 2.89. The van der Waals surface area contributed by atoms with Crippen LogP contribution in [-0.2, 0) is 17.4 Å². The van der Waals surface area contributed by atoms with Gasteiger partial charge in [0.1, 0.15) is 11.5 Å². The predicted octanol–water partition coefficient (Wildman–Crippen LogP) is 4.26. The second-order valence-electron chi connectivity index (χ2n) is 4.97. The molecule has 0 heterocycles. The van der Waals surface area contributed by atoms with Crippen LogP contribution in [0.15, 0.2) is 18.2 Å². The van der Waals surface area contributed by atoms with Crippen LogP contribution in [0.25, 0.3) is 0 Å². The highest BCUT2D eigenvalue weighted by Gasteiger charge is 2.31. The molecule has 1 aromatic rings. The first-order valence-electron chi connectivity index (χ1n) is 6.56. The van der Waals surface area contributed by atoms with Crippen molar-refractivity contribution >= 4 is 5.78 Å². The summed E-state index contributed by atoms with van der Waals surface area (Å²) in [7, 11) is 0. The molecule has 20 heavy (non-hydrogen) atoms. The normalized spacial score (nSPS) is 13.1. The lowest BCUT2D eigenvalue weighted by atomic mass is 9.94. The molecule has 2 nitrogen and oxygen atoms in total.